The molecule has 0 unspecified atom stereocenters. The molecule has 0 fully saturated rings. The largest absolute Gasteiger partial charge is 0.354 e. The topological polar surface area (TPSA) is 82.1 Å². The Labute approximate surface area is 96.7 Å². The second-order valence-electron chi connectivity index (χ2n) is 3.34. The van der Waals surface area contributed by atoms with Crippen molar-refractivity contribution in [3.63, 3.8) is 0 Å². The quantitative estimate of drug-likeness (QED) is 0.598. The summed E-state index contributed by atoms with van der Waals surface area (Å²) in [5, 5.41) is 14.4. The van der Waals surface area contributed by atoms with E-state index in [1.165, 1.54) is 6.92 Å². The van der Waals surface area contributed by atoms with Gasteiger partial charge in [0, 0.05) is 19.3 Å². The Balaban J connectivity index is 2.31. The molecule has 6 heteroatoms. The Morgan fingerprint density at radius 2 is 2.06 bits per heavy atom. The van der Waals surface area contributed by atoms with E-state index in [2.05, 4.69) is 10.1 Å². The summed E-state index contributed by atoms with van der Waals surface area (Å²) in [5.41, 5.74) is 0.995. The standard InChI is InChI=1S/C11H9N3O3/c1-8-11(14(15)16)10(13-17-8)3-2-9-4-6-12-7-5-9/h2-7H,1H3/b3-2+. The first kappa shape index (κ1) is 11.0. The van der Waals surface area contributed by atoms with Crippen LogP contribution in [-0.4, -0.2) is 15.1 Å². The minimum atomic E-state index is -0.502. The SMILES string of the molecule is Cc1onc(/C=C/c2ccncc2)c1[N+](=O)[O-]. The van der Waals surface area contributed by atoms with Crippen LogP contribution in [0.4, 0.5) is 5.69 Å². The summed E-state index contributed by atoms with van der Waals surface area (Å²) in [6.07, 6.45) is 6.54. The molecule has 0 aromatic carbocycles. The normalized spacial score (nSPS) is 10.9. The van der Waals surface area contributed by atoms with Crippen molar-refractivity contribution in [2.24, 2.45) is 0 Å². The number of aromatic nitrogens is 2. The van der Waals surface area contributed by atoms with Gasteiger partial charge in [-0.2, -0.15) is 0 Å². The van der Waals surface area contributed by atoms with Gasteiger partial charge in [-0.3, -0.25) is 15.1 Å². The van der Waals surface area contributed by atoms with Crippen LogP contribution in [0, 0.1) is 17.0 Å². The Kier molecular flexibility index (Phi) is 2.95. The Bertz CT molecular complexity index is 561. The average Bonchev–Trinajstić information content (AvgIpc) is 2.69. The third-order valence-electron chi connectivity index (χ3n) is 2.18. The smallest absolute Gasteiger partial charge is 0.338 e. The van der Waals surface area contributed by atoms with E-state index in [1.54, 1.807) is 36.7 Å². The summed E-state index contributed by atoms with van der Waals surface area (Å²) >= 11 is 0. The Morgan fingerprint density at radius 3 is 2.71 bits per heavy atom. The highest BCUT2D eigenvalue weighted by molar-refractivity contribution is 5.72. The van der Waals surface area contributed by atoms with Crippen molar-refractivity contribution in [1.29, 1.82) is 0 Å². The molecule has 0 aliphatic heterocycles. The Hall–Kier alpha value is -2.50. The number of nitro groups is 1. The molecular weight excluding hydrogens is 222 g/mol. The van der Waals surface area contributed by atoms with Crippen LogP contribution >= 0.6 is 0 Å². The highest BCUT2D eigenvalue weighted by Gasteiger charge is 2.21. The molecule has 0 aliphatic rings. The summed E-state index contributed by atoms with van der Waals surface area (Å²) in [5.74, 6) is 0.198. The molecule has 86 valence electrons. The second-order valence-corrected chi connectivity index (χ2v) is 3.34. The van der Waals surface area contributed by atoms with Gasteiger partial charge in [-0.25, -0.2) is 0 Å². The van der Waals surface area contributed by atoms with Gasteiger partial charge < -0.3 is 4.52 Å². The van der Waals surface area contributed by atoms with E-state index in [1.807, 2.05) is 0 Å². The lowest BCUT2D eigenvalue weighted by molar-refractivity contribution is -0.386. The maximum atomic E-state index is 10.8. The van der Waals surface area contributed by atoms with E-state index < -0.39 is 4.92 Å². The monoisotopic (exact) mass is 231 g/mol. The maximum Gasteiger partial charge on any atom is 0.338 e. The second kappa shape index (κ2) is 4.56. The van der Waals surface area contributed by atoms with Gasteiger partial charge in [0.05, 0.1) is 4.92 Å². The Morgan fingerprint density at radius 1 is 1.35 bits per heavy atom. The molecule has 0 bridgehead atoms. The fourth-order valence-electron chi connectivity index (χ4n) is 1.37. The molecule has 0 N–H and O–H groups in total. The highest BCUT2D eigenvalue weighted by atomic mass is 16.6. The fourth-order valence-corrected chi connectivity index (χ4v) is 1.37. The third kappa shape index (κ3) is 2.36. The lowest BCUT2D eigenvalue weighted by Crippen LogP contribution is -1.90. The molecule has 2 aromatic heterocycles. The molecule has 0 spiro atoms. The van der Waals surface area contributed by atoms with E-state index in [0.29, 0.717) is 0 Å². The van der Waals surface area contributed by atoms with Crippen LogP contribution in [0.3, 0.4) is 0 Å². The number of hydrogen-bond donors (Lipinski definition) is 0. The van der Waals surface area contributed by atoms with Crippen molar-refractivity contribution in [3.05, 3.63) is 51.7 Å². The van der Waals surface area contributed by atoms with E-state index in [4.69, 9.17) is 4.52 Å². The van der Waals surface area contributed by atoms with Crippen LogP contribution in [0.25, 0.3) is 12.2 Å². The summed E-state index contributed by atoms with van der Waals surface area (Å²) in [6, 6.07) is 3.57. The van der Waals surface area contributed by atoms with E-state index in [-0.39, 0.29) is 17.1 Å². The molecule has 2 rings (SSSR count). The number of aryl methyl sites for hydroxylation is 1. The predicted octanol–water partition coefficient (Wildman–Crippen LogP) is 2.46. The zero-order chi connectivity index (χ0) is 12.3. The molecule has 17 heavy (non-hydrogen) atoms. The first-order chi connectivity index (χ1) is 8.18. The van der Waals surface area contributed by atoms with E-state index in [0.717, 1.165) is 5.56 Å². The van der Waals surface area contributed by atoms with Crippen LogP contribution in [0.5, 0.6) is 0 Å². The minimum absolute atomic E-state index is 0.102. The first-order valence-corrected chi connectivity index (χ1v) is 4.87. The average molecular weight is 231 g/mol. The lowest BCUT2D eigenvalue weighted by Gasteiger charge is -1.90. The van der Waals surface area contributed by atoms with Gasteiger partial charge in [-0.1, -0.05) is 11.2 Å². The first-order valence-electron chi connectivity index (χ1n) is 4.87. The summed E-state index contributed by atoms with van der Waals surface area (Å²) < 4.78 is 4.79. The predicted molar refractivity (Wildman–Crippen MR) is 61.1 cm³/mol. The van der Waals surface area contributed by atoms with Crippen molar-refractivity contribution in [2.45, 2.75) is 6.92 Å². The molecule has 0 amide bonds. The number of rotatable bonds is 3. The van der Waals surface area contributed by atoms with Crippen molar-refractivity contribution >= 4 is 17.8 Å². The van der Waals surface area contributed by atoms with Crippen LogP contribution in [-0.2, 0) is 0 Å². The van der Waals surface area contributed by atoms with Gasteiger partial charge in [0.1, 0.15) is 0 Å². The summed E-state index contributed by atoms with van der Waals surface area (Å²) in [6.45, 7) is 1.51. The maximum absolute atomic E-state index is 10.8. The van der Waals surface area contributed by atoms with Gasteiger partial charge in [0.15, 0.2) is 5.69 Å². The lowest BCUT2D eigenvalue weighted by atomic mass is 10.2. The van der Waals surface area contributed by atoms with Gasteiger partial charge in [0.25, 0.3) is 0 Å². The zero-order valence-corrected chi connectivity index (χ0v) is 9.03. The number of hydrogen-bond acceptors (Lipinski definition) is 5. The molecule has 0 saturated heterocycles. The summed E-state index contributed by atoms with van der Waals surface area (Å²) in [7, 11) is 0. The number of nitrogens with zero attached hydrogens (tertiary/aromatic N) is 3. The molecule has 2 heterocycles. The zero-order valence-electron chi connectivity index (χ0n) is 9.03. The van der Waals surface area contributed by atoms with Gasteiger partial charge >= 0.3 is 5.69 Å². The van der Waals surface area contributed by atoms with Crippen molar-refractivity contribution in [1.82, 2.24) is 10.1 Å². The van der Waals surface area contributed by atoms with Crippen molar-refractivity contribution in [2.75, 3.05) is 0 Å². The van der Waals surface area contributed by atoms with Gasteiger partial charge in [-0.05, 0) is 23.8 Å². The summed E-state index contributed by atoms with van der Waals surface area (Å²) in [4.78, 5) is 14.1. The minimum Gasteiger partial charge on any atom is -0.354 e. The fraction of sp³-hybridized carbons (Fsp3) is 0.0909. The molecule has 6 nitrogen and oxygen atoms in total. The molecule has 0 saturated carbocycles. The van der Waals surface area contributed by atoms with E-state index >= 15 is 0 Å². The van der Waals surface area contributed by atoms with Gasteiger partial charge in [0.2, 0.25) is 5.76 Å². The molecule has 0 aliphatic carbocycles. The van der Waals surface area contributed by atoms with Crippen LogP contribution in [0.2, 0.25) is 0 Å². The third-order valence-corrected chi connectivity index (χ3v) is 2.18. The van der Waals surface area contributed by atoms with Crippen molar-refractivity contribution < 1.29 is 9.45 Å². The van der Waals surface area contributed by atoms with Crippen LogP contribution < -0.4 is 0 Å². The number of pyridine rings is 1. The van der Waals surface area contributed by atoms with E-state index in [9.17, 15) is 10.1 Å². The molecule has 0 radical (unpaired) electrons. The molecule has 0 atom stereocenters. The molecule has 2 aromatic rings. The molecular formula is C11H9N3O3. The van der Waals surface area contributed by atoms with Crippen LogP contribution in [0.1, 0.15) is 17.0 Å². The van der Waals surface area contributed by atoms with Crippen molar-refractivity contribution in [3.8, 4) is 0 Å². The van der Waals surface area contributed by atoms with Gasteiger partial charge in [-0.15, -0.1) is 0 Å². The highest BCUT2D eigenvalue weighted by Crippen LogP contribution is 2.24. The van der Waals surface area contributed by atoms with Crippen LogP contribution in [0.15, 0.2) is 29.0 Å².